The molecule has 0 aliphatic heterocycles. The molecule has 0 amide bonds. The van der Waals surface area contributed by atoms with E-state index in [2.05, 4.69) is 5.32 Å². The number of esters is 1. The fourth-order valence-electron chi connectivity index (χ4n) is 1.93. The van der Waals surface area contributed by atoms with Gasteiger partial charge in [-0.15, -0.1) is 0 Å². The van der Waals surface area contributed by atoms with Crippen LogP contribution >= 0.6 is 0 Å². The summed E-state index contributed by atoms with van der Waals surface area (Å²) in [5, 5.41) is 3.00. The second kappa shape index (κ2) is 8.46. The average molecular weight is 298 g/mol. The minimum absolute atomic E-state index is 0.179. The lowest BCUT2D eigenvalue weighted by Gasteiger charge is -2.31. The molecule has 1 N–H and O–H groups in total. The zero-order valence-electron chi connectivity index (χ0n) is 12.6. The Morgan fingerprint density at radius 3 is 2.25 bits per heavy atom. The molecule has 0 rings (SSSR count). The van der Waals surface area contributed by atoms with Crippen molar-refractivity contribution in [2.75, 3.05) is 32.8 Å². The third-order valence-electron chi connectivity index (χ3n) is 3.07. The molecule has 20 heavy (non-hydrogen) atoms. The van der Waals surface area contributed by atoms with Crippen molar-refractivity contribution in [3.63, 3.8) is 0 Å². The van der Waals surface area contributed by atoms with Crippen LogP contribution in [0.15, 0.2) is 0 Å². The molecule has 0 aliphatic carbocycles. The standard InChI is InChI=1S/C13H25F3N2O2/c1-5-17-12(4,11(19)20-7-3)8-9-18(6-2)10-13(14,15)16/h17H,5-10H2,1-4H3. The second-order valence-corrected chi connectivity index (χ2v) is 4.82. The highest BCUT2D eigenvalue weighted by Crippen LogP contribution is 2.18. The molecule has 0 fully saturated rings. The number of hydrogen-bond donors (Lipinski definition) is 1. The Kier molecular flexibility index (Phi) is 8.12. The summed E-state index contributed by atoms with van der Waals surface area (Å²) in [4.78, 5) is 13.2. The van der Waals surface area contributed by atoms with E-state index in [9.17, 15) is 18.0 Å². The van der Waals surface area contributed by atoms with Crippen LogP contribution in [-0.2, 0) is 9.53 Å². The first-order chi connectivity index (χ1) is 9.18. The van der Waals surface area contributed by atoms with Gasteiger partial charge in [0.15, 0.2) is 0 Å². The molecule has 1 atom stereocenters. The third kappa shape index (κ3) is 7.09. The monoisotopic (exact) mass is 298 g/mol. The molecule has 1 unspecified atom stereocenters. The van der Waals surface area contributed by atoms with Crippen molar-refractivity contribution in [3.05, 3.63) is 0 Å². The highest BCUT2D eigenvalue weighted by Gasteiger charge is 2.35. The number of alkyl halides is 3. The predicted octanol–water partition coefficient (Wildman–Crippen LogP) is 2.19. The summed E-state index contributed by atoms with van der Waals surface area (Å²) in [6, 6.07) is 0. The molecule has 7 heteroatoms. The summed E-state index contributed by atoms with van der Waals surface area (Å²) in [6.45, 7) is 7.16. The van der Waals surface area contributed by atoms with E-state index in [-0.39, 0.29) is 26.1 Å². The Morgan fingerprint density at radius 2 is 1.85 bits per heavy atom. The molecule has 0 bridgehead atoms. The fraction of sp³-hybridized carbons (Fsp3) is 0.923. The number of ether oxygens (including phenoxy) is 1. The Morgan fingerprint density at radius 1 is 1.25 bits per heavy atom. The van der Waals surface area contributed by atoms with Crippen LogP contribution in [0.2, 0.25) is 0 Å². The highest BCUT2D eigenvalue weighted by atomic mass is 19.4. The lowest BCUT2D eigenvalue weighted by Crippen LogP contribution is -2.52. The van der Waals surface area contributed by atoms with Gasteiger partial charge in [0.25, 0.3) is 0 Å². The maximum atomic E-state index is 12.4. The molecule has 0 saturated carbocycles. The normalized spacial score (nSPS) is 15.2. The smallest absolute Gasteiger partial charge is 0.401 e. The lowest BCUT2D eigenvalue weighted by atomic mass is 9.97. The first kappa shape index (κ1) is 19.2. The number of likely N-dealkylation sites (N-methyl/N-ethyl adjacent to an activating group) is 1. The van der Waals surface area contributed by atoms with Crippen molar-refractivity contribution in [2.24, 2.45) is 0 Å². The van der Waals surface area contributed by atoms with Gasteiger partial charge in [-0.2, -0.15) is 13.2 Å². The van der Waals surface area contributed by atoms with Gasteiger partial charge in [0.2, 0.25) is 0 Å². The molecule has 0 aromatic rings. The molecular weight excluding hydrogens is 273 g/mol. The second-order valence-electron chi connectivity index (χ2n) is 4.82. The van der Waals surface area contributed by atoms with Crippen molar-refractivity contribution < 1.29 is 22.7 Å². The largest absolute Gasteiger partial charge is 0.465 e. The van der Waals surface area contributed by atoms with Gasteiger partial charge in [-0.25, -0.2) is 0 Å². The number of nitrogens with one attached hydrogen (secondary N) is 1. The van der Waals surface area contributed by atoms with E-state index in [4.69, 9.17) is 4.74 Å². The van der Waals surface area contributed by atoms with Crippen LogP contribution in [0, 0.1) is 0 Å². The van der Waals surface area contributed by atoms with Gasteiger partial charge in [0.05, 0.1) is 13.2 Å². The molecule has 0 radical (unpaired) electrons. The van der Waals surface area contributed by atoms with Crippen LogP contribution in [0.25, 0.3) is 0 Å². The third-order valence-corrected chi connectivity index (χ3v) is 3.07. The summed E-state index contributed by atoms with van der Waals surface area (Å²) in [7, 11) is 0. The molecule has 0 aromatic carbocycles. The average Bonchev–Trinajstić information content (AvgIpc) is 2.33. The Hall–Kier alpha value is -0.820. The van der Waals surface area contributed by atoms with E-state index in [1.165, 1.54) is 4.90 Å². The number of rotatable bonds is 9. The van der Waals surface area contributed by atoms with E-state index in [1.807, 2.05) is 6.92 Å². The summed E-state index contributed by atoms with van der Waals surface area (Å²) in [5.41, 5.74) is -0.955. The van der Waals surface area contributed by atoms with Crippen LogP contribution < -0.4 is 5.32 Å². The van der Waals surface area contributed by atoms with Gasteiger partial charge in [-0.1, -0.05) is 13.8 Å². The molecule has 4 nitrogen and oxygen atoms in total. The molecular formula is C13H25F3N2O2. The molecule has 0 saturated heterocycles. The molecule has 0 heterocycles. The fourth-order valence-corrected chi connectivity index (χ4v) is 1.93. The highest BCUT2D eigenvalue weighted by molar-refractivity contribution is 5.80. The van der Waals surface area contributed by atoms with E-state index in [0.717, 1.165) is 0 Å². The number of halogens is 3. The van der Waals surface area contributed by atoms with E-state index in [0.29, 0.717) is 6.54 Å². The minimum Gasteiger partial charge on any atom is -0.465 e. The number of hydrogen-bond acceptors (Lipinski definition) is 4. The van der Waals surface area contributed by atoms with Crippen molar-refractivity contribution in [2.45, 2.75) is 45.8 Å². The van der Waals surface area contributed by atoms with Crippen LogP contribution in [-0.4, -0.2) is 55.4 Å². The first-order valence-electron chi connectivity index (χ1n) is 6.89. The SMILES string of the molecule is CCNC(C)(CCN(CC)CC(F)(F)F)C(=O)OCC. The lowest BCUT2D eigenvalue weighted by molar-refractivity contribution is -0.152. The minimum atomic E-state index is -4.23. The van der Waals surface area contributed by atoms with Crippen LogP contribution in [0.3, 0.4) is 0 Å². The number of carbonyl (C=O) groups excluding carboxylic acids is 1. The van der Waals surface area contributed by atoms with E-state index >= 15 is 0 Å². The Balaban J connectivity index is 4.62. The first-order valence-corrected chi connectivity index (χ1v) is 6.89. The molecule has 120 valence electrons. The van der Waals surface area contributed by atoms with Crippen molar-refractivity contribution in [3.8, 4) is 0 Å². The molecule has 0 aromatic heterocycles. The predicted molar refractivity (Wildman–Crippen MR) is 71.5 cm³/mol. The zero-order chi connectivity index (χ0) is 15.8. The maximum absolute atomic E-state index is 12.4. The maximum Gasteiger partial charge on any atom is 0.401 e. The van der Waals surface area contributed by atoms with Crippen molar-refractivity contribution in [1.29, 1.82) is 0 Å². The van der Waals surface area contributed by atoms with Gasteiger partial charge in [0, 0.05) is 6.54 Å². The van der Waals surface area contributed by atoms with Gasteiger partial charge in [-0.3, -0.25) is 9.69 Å². The summed E-state index contributed by atoms with van der Waals surface area (Å²) < 4.78 is 42.2. The molecule has 0 aliphatic rings. The van der Waals surface area contributed by atoms with Gasteiger partial charge < -0.3 is 10.1 Å². The van der Waals surface area contributed by atoms with Crippen molar-refractivity contribution in [1.82, 2.24) is 10.2 Å². The van der Waals surface area contributed by atoms with E-state index in [1.54, 1.807) is 20.8 Å². The zero-order valence-corrected chi connectivity index (χ0v) is 12.6. The Labute approximate surface area is 118 Å². The summed E-state index contributed by atoms with van der Waals surface area (Å²) in [5.74, 6) is -0.426. The number of nitrogens with zero attached hydrogens (tertiary/aromatic N) is 1. The Bertz CT molecular complexity index is 298. The topological polar surface area (TPSA) is 41.6 Å². The van der Waals surface area contributed by atoms with Gasteiger partial charge in [0.1, 0.15) is 5.54 Å². The van der Waals surface area contributed by atoms with Gasteiger partial charge >= 0.3 is 12.1 Å². The van der Waals surface area contributed by atoms with E-state index < -0.39 is 24.2 Å². The van der Waals surface area contributed by atoms with Crippen molar-refractivity contribution >= 4 is 5.97 Å². The summed E-state index contributed by atoms with van der Waals surface area (Å²) >= 11 is 0. The van der Waals surface area contributed by atoms with Gasteiger partial charge in [-0.05, 0) is 33.4 Å². The summed E-state index contributed by atoms with van der Waals surface area (Å²) in [6.07, 6.45) is -3.96. The van der Waals surface area contributed by atoms with Crippen LogP contribution in [0.4, 0.5) is 13.2 Å². The quantitative estimate of drug-likeness (QED) is 0.663. The molecule has 0 spiro atoms. The van der Waals surface area contributed by atoms with Crippen LogP contribution in [0.5, 0.6) is 0 Å². The van der Waals surface area contributed by atoms with Crippen LogP contribution in [0.1, 0.15) is 34.1 Å². The number of carbonyl (C=O) groups is 1.